The fraction of sp³-hybridized carbons (Fsp3) is 0.261. The van der Waals surface area contributed by atoms with E-state index in [9.17, 15) is 31.1 Å². The molecule has 1 heterocycles. The second-order valence-electron chi connectivity index (χ2n) is 7.63. The van der Waals surface area contributed by atoms with Crippen LogP contribution in [0.5, 0.6) is 11.5 Å². The summed E-state index contributed by atoms with van der Waals surface area (Å²) in [6.45, 7) is 1.59. The van der Waals surface area contributed by atoms with Gasteiger partial charge in [-0.1, -0.05) is 0 Å². The molecule has 0 saturated heterocycles. The summed E-state index contributed by atoms with van der Waals surface area (Å²) < 4.78 is 86.8. The Balaban J connectivity index is 1.78. The number of carbonyl (C=O) groups is 1. The number of esters is 1. The van der Waals surface area contributed by atoms with Crippen molar-refractivity contribution in [3.63, 3.8) is 0 Å². The number of likely N-dealkylation sites (N-methyl/N-ethyl adjacent to an activating group) is 1. The minimum absolute atomic E-state index is 0.00827. The molecular formula is C23H21F6N7O4. The first kappa shape index (κ1) is 29.7. The van der Waals surface area contributed by atoms with Gasteiger partial charge in [-0.15, -0.1) is 26.3 Å². The van der Waals surface area contributed by atoms with Crippen molar-refractivity contribution in [1.29, 1.82) is 0 Å². The highest BCUT2D eigenvalue weighted by molar-refractivity contribution is 5.80. The van der Waals surface area contributed by atoms with Crippen LogP contribution in [0.3, 0.4) is 0 Å². The summed E-state index contributed by atoms with van der Waals surface area (Å²) in [5.74, 6) is -1.54. The Morgan fingerprint density at radius 2 is 1.45 bits per heavy atom. The van der Waals surface area contributed by atoms with E-state index in [4.69, 9.17) is 4.74 Å². The van der Waals surface area contributed by atoms with E-state index in [1.165, 1.54) is 42.4 Å². The molecule has 0 radical (unpaired) electrons. The van der Waals surface area contributed by atoms with Gasteiger partial charge in [0.25, 0.3) is 0 Å². The Morgan fingerprint density at radius 1 is 0.900 bits per heavy atom. The van der Waals surface area contributed by atoms with E-state index in [0.29, 0.717) is 11.3 Å². The normalized spacial score (nSPS) is 11.7. The molecule has 0 fully saturated rings. The lowest BCUT2D eigenvalue weighted by Crippen LogP contribution is -2.29. The predicted molar refractivity (Wildman–Crippen MR) is 130 cm³/mol. The lowest BCUT2D eigenvalue weighted by atomic mass is 10.2. The van der Waals surface area contributed by atoms with Crippen molar-refractivity contribution in [3.8, 4) is 11.5 Å². The molecular weight excluding hydrogens is 552 g/mol. The monoisotopic (exact) mass is 573 g/mol. The standard InChI is InChI=1S/C23H21F6N7O4/c1-3-38-18(37)13-36(2)21-33-19(31-15-6-10-17(11-7-15)40-23(27,28)29)32-20(34-21)35-30-12-14-4-8-16(9-5-14)39-22(24,25)26/h4-12H,3,13H2,1-2H3,(H2,31,32,33,34,35)/b30-12+. The first-order chi connectivity index (χ1) is 18.8. The highest BCUT2D eigenvalue weighted by atomic mass is 19.4. The highest BCUT2D eigenvalue weighted by Gasteiger charge is 2.31. The molecule has 2 aromatic carbocycles. The van der Waals surface area contributed by atoms with Crippen LogP contribution in [-0.4, -0.2) is 60.1 Å². The van der Waals surface area contributed by atoms with Gasteiger partial charge in [0.15, 0.2) is 0 Å². The van der Waals surface area contributed by atoms with Crippen LogP contribution in [0.25, 0.3) is 0 Å². The largest absolute Gasteiger partial charge is 0.573 e. The van der Waals surface area contributed by atoms with Crippen LogP contribution in [0.1, 0.15) is 12.5 Å². The maximum absolute atomic E-state index is 12.4. The molecule has 0 unspecified atom stereocenters. The van der Waals surface area contributed by atoms with Crippen LogP contribution in [0.2, 0.25) is 0 Å². The SMILES string of the molecule is CCOC(=O)CN(C)c1nc(N/N=C/c2ccc(OC(F)(F)F)cc2)nc(Nc2ccc(OC(F)(F)F)cc2)n1. The van der Waals surface area contributed by atoms with E-state index in [2.05, 4.69) is 40.3 Å². The maximum Gasteiger partial charge on any atom is 0.573 e. The zero-order chi connectivity index (χ0) is 29.3. The van der Waals surface area contributed by atoms with Gasteiger partial charge in [0, 0.05) is 12.7 Å². The third-order valence-electron chi connectivity index (χ3n) is 4.47. The average molecular weight is 573 g/mol. The first-order valence-electron chi connectivity index (χ1n) is 11.2. The van der Waals surface area contributed by atoms with Crippen LogP contribution in [-0.2, 0) is 9.53 Å². The number of nitrogens with one attached hydrogen (secondary N) is 2. The van der Waals surface area contributed by atoms with Crippen molar-refractivity contribution in [2.24, 2.45) is 5.10 Å². The molecule has 3 rings (SSSR count). The first-order valence-corrected chi connectivity index (χ1v) is 11.2. The van der Waals surface area contributed by atoms with Crippen LogP contribution in [0, 0.1) is 0 Å². The average Bonchev–Trinajstić information content (AvgIpc) is 2.84. The quantitative estimate of drug-likeness (QED) is 0.142. The molecule has 0 bridgehead atoms. The van der Waals surface area contributed by atoms with Gasteiger partial charge in [0.2, 0.25) is 17.8 Å². The molecule has 0 aliphatic carbocycles. The highest BCUT2D eigenvalue weighted by Crippen LogP contribution is 2.25. The Hall–Kier alpha value is -4.83. The minimum Gasteiger partial charge on any atom is -0.465 e. The zero-order valence-electron chi connectivity index (χ0n) is 20.7. The second-order valence-corrected chi connectivity index (χ2v) is 7.63. The van der Waals surface area contributed by atoms with Crippen molar-refractivity contribution in [1.82, 2.24) is 15.0 Å². The van der Waals surface area contributed by atoms with Gasteiger partial charge in [-0.05, 0) is 61.0 Å². The van der Waals surface area contributed by atoms with Gasteiger partial charge in [0.05, 0.1) is 12.8 Å². The van der Waals surface area contributed by atoms with Crippen LogP contribution in [0.15, 0.2) is 53.6 Å². The fourth-order valence-electron chi connectivity index (χ4n) is 2.90. The molecule has 3 aromatic rings. The number of aromatic nitrogens is 3. The number of ether oxygens (including phenoxy) is 3. The summed E-state index contributed by atoms with van der Waals surface area (Å²) in [5.41, 5.74) is 3.26. The number of benzene rings is 2. The Kier molecular flexibility index (Phi) is 9.52. The number of nitrogens with zero attached hydrogens (tertiary/aromatic N) is 5. The third kappa shape index (κ3) is 10.1. The van der Waals surface area contributed by atoms with E-state index >= 15 is 0 Å². The molecule has 0 aliphatic rings. The predicted octanol–water partition coefficient (Wildman–Crippen LogP) is 4.86. The lowest BCUT2D eigenvalue weighted by molar-refractivity contribution is -0.275. The van der Waals surface area contributed by atoms with Gasteiger partial charge >= 0.3 is 18.7 Å². The number of rotatable bonds is 11. The van der Waals surface area contributed by atoms with Gasteiger partial charge in [-0.3, -0.25) is 4.79 Å². The van der Waals surface area contributed by atoms with Crippen LogP contribution in [0.4, 0.5) is 49.9 Å². The molecule has 11 nitrogen and oxygen atoms in total. The lowest BCUT2D eigenvalue weighted by Gasteiger charge is -2.17. The van der Waals surface area contributed by atoms with Crippen molar-refractivity contribution in [3.05, 3.63) is 54.1 Å². The molecule has 40 heavy (non-hydrogen) atoms. The number of halogens is 6. The Morgan fingerprint density at radius 3 is 2.00 bits per heavy atom. The molecule has 1 aromatic heterocycles. The summed E-state index contributed by atoms with van der Waals surface area (Å²) in [5, 5.41) is 6.75. The van der Waals surface area contributed by atoms with E-state index < -0.39 is 30.2 Å². The number of hydrogen-bond acceptors (Lipinski definition) is 11. The van der Waals surface area contributed by atoms with Crippen molar-refractivity contribution >= 4 is 35.7 Å². The van der Waals surface area contributed by atoms with Crippen molar-refractivity contribution in [2.45, 2.75) is 19.6 Å². The van der Waals surface area contributed by atoms with Gasteiger partial charge in [0.1, 0.15) is 18.0 Å². The van der Waals surface area contributed by atoms with Crippen molar-refractivity contribution in [2.75, 3.05) is 35.8 Å². The Bertz CT molecular complexity index is 1300. The molecule has 214 valence electrons. The van der Waals surface area contributed by atoms with E-state index in [0.717, 1.165) is 24.3 Å². The van der Waals surface area contributed by atoms with E-state index in [1.54, 1.807) is 6.92 Å². The number of anilines is 4. The van der Waals surface area contributed by atoms with Crippen molar-refractivity contribution < 1.29 is 45.3 Å². The summed E-state index contributed by atoms with van der Waals surface area (Å²) in [6, 6.07) is 9.63. The smallest absolute Gasteiger partial charge is 0.465 e. The topological polar surface area (TPSA) is 123 Å². The molecule has 0 atom stereocenters. The van der Waals surface area contributed by atoms with Gasteiger partial charge in [-0.2, -0.15) is 20.1 Å². The Labute approximate surface area is 222 Å². The van der Waals surface area contributed by atoms with E-state index in [1.807, 2.05) is 0 Å². The summed E-state index contributed by atoms with van der Waals surface area (Å²) >= 11 is 0. The van der Waals surface area contributed by atoms with E-state index in [-0.39, 0.29) is 31.0 Å². The molecule has 2 N–H and O–H groups in total. The van der Waals surface area contributed by atoms with Gasteiger partial charge in [-0.25, -0.2) is 5.43 Å². The van der Waals surface area contributed by atoms with Gasteiger partial charge < -0.3 is 24.4 Å². The molecule has 0 saturated carbocycles. The number of hydrazone groups is 1. The van der Waals surface area contributed by atoms with Crippen LogP contribution < -0.4 is 25.1 Å². The molecule has 0 aliphatic heterocycles. The number of hydrogen-bond donors (Lipinski definition) is 2. The summed E-state index contributed by atoms with van der Waals surface area (Å²) in [7, 11) is 1.51. The number of carbonyl (C=O) groups excluding carboxylic acids is 1. The molecule has 0 amide bonds. The zero-order valence-corrected chi connectivity index (χ0v) is 20.7. The minimum atomic E-state index is -4.85. The third-order valence-corrected chi connectivity index (χ3v) is 4.47. The molecule has 17 heteroatoms. The molecule has 0 spiro atoms. The maximum atomic E-state index is 12.4. The fourth-order valence-corrected chi connectivity index (χ4v) is 2.90. The summed E-state index contributed by atoms with van der Waals surface area (Å²) in [6.07, 6.45) is -8.39. The second kappa shape index (κ2) is 12.8. The summed E-state index contributed by atoms with van der Waals surface area (Å²) in [4.78, 5) is 25.8. The number of alkyl halides is 6. The van der Waals surface area contributed by atoms with Crippen LogP contribution >= 0.6 is 0 Å².